The second-order valence-electron chi connectivity index (χ2n) is 2.97. The Kier molecular flexibility index (Phi) is 4.08. The van der Waals surface area contributed by atoms with Crippen molar-refractivity contribution in [3.8, 4) is 0 Å². The first kappa shape index (κ1) is 10.1. The van der Waals surface area contributed by atoms with Gasteiger partial charge in [0, 0.05) is 16.8 Å². The summed E-state index contributed by atoms with van der Waals surface area (Å²) in [7, 11) is 0. The van der Waals surface area contributed by atoms with Crippen LogP contribution in [-0.2, 0) is 11.3 Å². The summed E-state index contributed by atoms with van der Waals surface area (Å²) in [6.07, 6.45) is 1.85. The van der Waals surface area contributed by atoms with Gasteiger partial charge in [0.05, 0.1) is 0 Å². The minimum atomic E-state index is -2.14. The quantitative estimate of drug-likeness (QED) is 0.629. The molecular formula is C6H14NO2S-. The Morgan fingerprint density at radius 2 is 2.10 bits per heavy atom. The number of nitrogens with one attached hydrogen (secondary N) is 1. The molecule has 0 heterocycles. The predicted octanol–water partition coefficient (Wildman–Crippen LogP) is 0.949. The topological polar surface area (TPSA) is 52.2 Å². The minimum Gasteiger partial charge on any atom is -0.760 e. The zero-order valence-corrected chi connectivity index (χ0v) is 7.46. The Hall–Kier alpha value is 0.0700. The molecule has 0 fully saturated rings. The van der Waals surface area contributed by atoms with Gasteiger partial charge in [-0.25, -0.2) is 4.72 Å². The molecule has 0 amide bonds. The molecule has 0 bridgehead atoms. The molecule has 1 unspecified atom stereocenters. The van der Waals surface area contributed by atoms with Crippen LogP contribution in [0.3, 0.4) is 0 Å². The summed E-state index contributed by atoms with van der Waals surface area (Å²) in [5, 5.41) is 0. The first-order valence-corrected chi connectivity index (χ1v) is 4.42. The highest BCUT2D eigenvalue weighted by molar-refractivity contribution is 7.77. The Labute approximate surface area is 64.6 Å². The van der Waals surface area contributed by atoms with Crippen molar-refractivity contribution in [2.24, 2.45) is 0 Å². The fourth-order valence-corrected chi connectivity index (χ4v) is 1.45. The van der Waals surface area contributed by atoms with E-state index in [0.29, 0.717) is 0 Å². The highest BCUT2D eigenvalue weighted by Gasteiger charge is 2.14. The van der Waals surface area contributed by atoms with E-state index in [1.807, 2.05) is 20.8 Å². The van der Waals surface area contributed by atoms with E-state index in [0.717, 1.165) is 12.8 Å². The predicted molar refractivity (Wildman–Crippen MR) is 41.0 cm³/mol. The molecule has 0 radical (unpaired) electrons. The Morgan fingerprint density at radius 1 is 1.60 bits per heavy atom. The number of hydrogen-bond donors (Lipinski definition) is 1. The van der Waals surface area contributed by atoms with E-state index in [2.05, 4.69) is 4.72 Å². The van der Waals surface area contributed by atoms with E-state index in [1.54, 1.807) is 0 Å². The molecule has 0 aromatic heterocycles. The maximum atomic E-state index is 10.2. The lowest BCUT2D eigenvalue weighted by Crippen LogP contribution is -2.39. The van der Waals surface area contributed by atoms with E-state index in [-0.39, 0.29) is 5.54 Å². The maximum Gasteiger partial charge on any atom is 0.0239 e. The largest absolute Gasteiger partial charge is 0.760 e. The van der Waals surface area contributed by atoms with E-state index < -0.39 is 11.3 Å². The lowest BCUT2D eigenvalue weighted by atomic mass is 10.0. The van der Waals surface area contributed by atoms with E-state index in [1.165, 1.54) is 0 Å². The molecule has 0 aromatic carbocycles. The summed E-state index contributed by atoms with van der Waals surface area (Å²) < 4.78 is 22.8. The van der Waals surface area contributed by atoms with Crippen molar-refractivity contribution in [1.29, 1.82) is 0 Å². The zero-order chi connectivity index (χ0) is 8.20. The molecule has 4 heteroatoms. The molecule has 0 saturated carbocycles. The lowest BCUT2D eigenvalue weighted by Gasteiger charge is -2.26. The van der Waals surface area contributed by atoms with Gasteiger partial charge >= 0.3 is 0 Å². The lowest BCUT2D eigenvalue weighted by molar-refractivity contribution is 0.406. The monoisotopic (exact) mass is 164 g/mol. The SMILES string of the molecule is CCCC(C)(C)NS(=O)[O-]. The molecule has 3 nitrogen and oxygen atoms in total. The van der Waals surface area contributed by atoms with Crippen molar-refractivity contribution in [2.45, 2.75) is 39.2 Å². The molecule has 1 N–H and O–H groups in total. The summed E-state index contributed by atoms with van der Waals surface area (Å²) in [6, 6.07) is 0. The Bertz CT molecular complexity index is 125. The number of rotatable bonds is 4. The third kappa shape index (κ3) is 4.90. The fraction of sp³-hybridized carbons (Fsp3) is 1.00. The first-order chi connectivity index (χ1) is 4.48. The maximum absolute atomic E-state index is 10.2. The van der Waals surface area contributed by atoms with Crippen LogP contribution in [0.25, 0.3) is 0 Å². The van der Waals surface area contributed by atoms with Crippen molar-refractivity contribution in [1.82, 2.24) is 4.72 Å². The Balaban J connectivity index is 3.74. The second-order valence-corrected chi connectivity index (χ2v) is 3.64. The van der Waals surface area contributed by atoms with Crippen molar-refractivity contribution in [2.75, 3.05) is 0 Å². The summed E-state index contributed by atoms with van der Waals surface area (Å²) in [6.45, 7) is 5.76. The minimum absolute atomic E-state index is 0.290. The summed E-state index contributed by atoms with van der Waals surface area (Å²) in [5.41, 5.74) is -0.290. The molecule has 62 valence electrons. The smallest absolute Gasteiger partial charge is 0.0239 e. The molecule has 1 atom stereocenters. The van der Waals surface area contributed by atoms with E-state index in [4.69, 9.17) is 0 Å². The highest BCUT2D eigenvalue weighted by atomic mass is 32.2. The van der Waals surface area contributed by atoms with Crippen LogP contribution in [0.2, 0.25) is 0 Å². The summed E-state index contributed by atoms with van der Waals surface area (Å²) in [5.74, 6) is 0. The van der Waals surface area contributed by atoms with Gasteiger partial charge in [0.2, 0.25) is 0 Å². The molecule has 0 aliphatic heterocycles. The van der Waals surface area contributed by atoms with Crippen LogP contribution >= 0.6 is 0 Å². The van der Waals surface area contributed by atoms with Gasteiger partial charge in [0.15, 0.2) is 0 Å². The van der Waals surface area contributed by atoms with E-state index >= 15 is 0 Å². The zero-order valence-electron chi connectivity index (χ0n) is 6.64. The van der Waals surface area contributed by atoms with Crippen molar-refractivity contribution in [3.05, 3.63) is 0 Å². The van der Waals surface area contributed by atoms with Crippen LogP contribution in [-0.4, -0.2) is 14.3 Å². The molecule has 0 saturated heterocycles. The van der Waals surface area contributed by atoms with Crippen molar-refractivity contribution in [3.63, 3.8) is 0 Å². The van der Waals surface area contributed by atoms with Gasteiger partial charge < -0.3 is 4.55 Å². The van der Waals surface area contributed by atoms with Crippen LogP contribution in [0.15, 0.2) is 0 Å². The standard InChI is InChI=1S/C6H15NO2S/c1-4-5-6(2,3)7-10(8)9/h7H,4-5H2,1-3H3,(H,8,9)/p-1. The highest BCUT2D eigenvalue weighted by Crippen LogP contribution is 2.10. The van der Waals surface area contributed by atoms with Gasteiger partial charge in [-0.3, -0.25) is 4.21 Å². The van der Waals surface area contributed by atoms with Crippen LogP contribution in [0.4, 0.5) is 0 Å². The molecule has 0 rings (SSSR count). The molecule has 10 heavy (non-hydrogen) atoms. The Morgan fingerprint density at radius 3 is 2.40 bits per heavy atom. The van der Waals surface area contributed by atoms with Crippen LogP contribution in [0.1, 0.15) is 33.6 Å². The molecule has 0 spiro atoms. The molecular weight excluding hydrogens is 150 g/mol. The normalized spacial score (nSPS) is 15.2. The van der Waals surface area contributed by atoms with Gasteiger partial charge in [-0.1, -0.05) is 13.3 Å². The van der Waals surface area contributed by atoms with Crippen LogP contribution < -0.4 is 4.72 Å². The molecule has 0 aromatic rings. The summed E-state index contributed by atoms with van der Waals surface area (Å²) >= 11 is -2.14. The van der Waals surface area contributed by atoms with Gasteiger partial charge in [-0.05, 0) is 20.3 Å². The van der Waals surface area contributed by atoms with Gasteiger partial charge in [-0.2, -0.15) is 0 Å². The molecule has 0 aliphatic rings. The van der Waals surface area contributed by atoms with E-state index in [9.17, 15) is 8.76 Å². The fourth-order valence-electron chi connectivity index (χ4n) is 0.902. The average Bonchev–Trinajstić information content (AvgIpc) is 1.59. The van der Waals surface area contributed by atoms with Crippen LogP contribution in [0, 0.1) is 0 Å². The number of hydrogen-bond acceptors (Lipinski definition) is 2. The van der Waals surface area contributed by atoms with Gasteiger partial charge in [-0.15, -0.1) is 0 Å². The van der Waals surface area contributed by atoms with Gasteiger partial charge in [0.1, 0.15) is 0 Å². The third-order valence-corrected chi connectivity index (χ3v) is 1.95. The summed E-state index contributed by atoms with van der Waals surface area (Å²) in [4.78, 5) is 0. The molecule has 0 aliphatic carbocycles. The van der Waals surface area contributed by atoms with Crippen LogP contribution in [0.5, 0.6) is 0 Å². The van der Waals surface area contributed by atoms with Gasteiger partial charge in [0.25, 0.3) is 0 Å². The van der Waals surface area contributed by atoms with Crippen molar-refractivity contribution >= 4 is 11.3 Å². The van der Waals surface area contributed by atoms with Crippen molar-refractivity contribution < 1.29 is 8.76 Å². The third-order valence-electron chi connectivity index (χ3n) is 1.23. The average molecular weight is 164 g/mol. The second kappa shape index (κ2) is 4.05. The first-order valence-electron chi connectivity index (χ1n) is 3.35.